The predicted molar refractivity (Wildman–Crippen MR) is 82.6 cm³/mol. The minimum absolute atomic E-state index is 0.168. The second-order valence-corrected chi connectivity index (χ2v) is 7.04. The lowest BCUT2D eigenvalue weighted by Crippen LogP contribution is -2.15. The third-order valence-corrected chi connectivity index (χ3v) is 5.72. The molecule has 0 fully saturated rings. The normalized spacial score (nSPS) is 11.7. The van der Waals surface area contributed by atoms with Crippen molar-refractivity contribution >= 4 is 37.1 Å². The number of sulfonamides is 1. The van der Waals surface area contributed by atoms with Gasteiger partial charge in [0.2, 0.25) is 0 Å². The number of anilines is 1. The summed E-state index contributed by atoms with van der Waals surface area (Å²) in [6.45, 7) is 0.168. The maximum Gasteiger partial charge on any atom is 0.263 e. The first-order valence-electron chi connectivity index (χ1n) is 6.10. The summed E-state index contributed by atoms with van der Waals surface area (Å²) in [5, 5.41) is 0.673. The van der Waals surface area contributed by atoms with Crippen molar-refractivity contribution in [2.45, 2.75) is 11.4 Å². The van der Waals surface area contributed by atoms with Gasteiger partial charge in [0, 0.05) is 21.5 Å². The van der Waals surface area contributed by atoms with Crippen molar-refractivity contribution in [2.24, 2.45) is 5.73 Å². The molecule has 0 amide bonds. The Kier molecular flexibility index (Phi) is 3.58. The van der Waals surface area contributed by atoms with Crippen LogP contribution in [0.3, 0.4) is 0 Å². The number of aromatic nitrogens is 2. The lowest BCUT2D eigenvalue weighted by molar-refractivity contribution is 0.601. The first kappa shape index (κ1) is 13.9. The fraction of sp³-hybridized carbons (Fsp3) is 0.0769. The first-order valence-corrected chi connectivity index (χ1v) is 8.40. The monoisotopic (exact) mass is 320 g/mol. The highest BCUT2D eigenvalue weighted by atomic mass is 32.2. The number of fused-ring (bicyclic) bond motifs is 1. The maximum atomic E-state index is 12.6. The maximum absolute atomic E-state index is 12.6. The van der Waals surface area contributed by atoms with Crippen LogP contribution < -0.4 is 10.5 Å². The summed E-state index contributed by atoms with van der Waals surface area (Å²) < 4.78 is 28.7. The molecule has 0 saturated heterocycles. The van der Waals surface area contributed by atoms with E-state index < -0.39 is 10.0 Å². The highest BCUT2D eigenvalue weighted by molar-refractivity contribution is 7.93. The molecule has 3 aromatic rings. The number of nitrogens with one attached hydrogen (secondary N) is 1. The van der Waals surface area contributed by atoms with E-state index in [-0.39, 0.29) is 11.4 Å². The van der Waals surface area contributed by atoms with Crippen LogP contribution in [-0.4, -0.2) is 18.4 Å². The quantitative estimate of drug-likeness (QED) is 0.765. The van der Waals surface area contributed by atoms with Gasteiger partial charge in [-0.15, -0.1) is 11.3 Å². The van der Waals surface area contributed by atoms with Crippen LogP contribution in [0.25, 0.3) is 10.1 Å². The third kappa shape index (κ3) is 2.60. The summed E-state index contributed by atoms with van der Waals surface area (Å²) in [6.07, 6.45) is 4.14. The minimum atomic E-state index is -3.74. The van der Waals surface area contributed by atoms with Crippen molar-refractivity contribution in [1.82, 2.24) is 9.97 Å². The Bertz CT molecular complexity index is 876. The molecule has 0 unspecified atom stereocenters. The van der Waals surface area contributed by atoms with Crippen LogP contribution in [-0.2, 0) is 16.6 Å². The molecule has 6 nitrogen and oxygen atoms in total. The van der Waals surface area contributed by atoms with Crippen molar-refractivity contribution in [2.75, 3.05) is 4.72 Å². The van der Waals surface area contributed by atoms with E-state index in [2.05, 4.69) is 14.7 Å². The molecule has 0 aliphatic carbocycles. The van der Waals surface area contributed by atoms with Gasteiger partial charge in [-0.2, -0.15) is 0 Å². The Hall–Kier alpha value is -2.03. The number of nitrogens with two attached hydrogens (primary N) is 1. The van der Waals surface area contributed by atoms with Gasteiger partial charge in [-0.05, 0) is 6.07 Å². The van der Waals surface area contributed by atoms with E-state index in [1.165, 1.54) is 30.1 Å². The molecule has 3 rings (SSSR count). The van der Waals surface area contributed by atoms with E-state index in [1.807, 2.05) is 12.1 Å². The van der Waals surface area contributed by atoms with E-state index in [1.54, 1.807) is 12.1 Å². The number of hydrogen-bond donors (Lipinski definition) is 2. The lowest BCUT2D eigenvalue weighted by Gasteiger charge is -2.08. The van der Waals surface area contributed by atoms with Gasteiger partial charge in [-0.25, -0.2) is 18.4 Å². The molecule has 21 heavy (non-hydrogen) atoms. The predicted octanol–water partition coefficient (Wildman–Crippen LogP) is 1.95. The fourth-order valence-corrected chi connectivity index (χ4v) is 4.92. The highest BCUT2D eigenvalue weighted by Gasteiger charge is 2.24. The van der Waals surface area contributed by atoms with Gasteiger partial charge in [0.25, 0.3) is 10.0 Å². The first-order chi connectivity index (χ1) is 10.1. The number of hydrogen-bond acceptors (Lipinski definition) is 6. The van der Waals surface area contributed by atoms with Gasteiger partial charge in [0.15, 0.2) is 0 Å². The van der Waals surface area contributed by atoms with Crippen LogP contribution in [0.5, 0.6) is 0 Å². The molecule has 0 saturated carbocycles. The second-order valence-electron chi connectivity index (χ2n) is 4.29. The molecule has 0 aliphatic heterocycles. The van der Waals surface area contributed by atoms with Crippen LogP contribution in [0.15, 0.2) is 47.9 Å². The summed E-state index contributed by atoms with van der Waals surface area (Å²) in [7, 11) is -3.74. The molecule has 3 N–H and O–H groups in total. The molecule has 2 heterocycles. The van der Waals surface area contributed by atoms with Crippen LogP contribution in [0.4, 0.5) is 5.69 Å². The van der Waals surface area contributed by atoms with Crippen LogP contribution in [0.2, 0.25) is 0 Å². The van der Waals surface area contributed by atoms with E-state index in [0.29, 0.717) is 16.0 Å². The molecular weight excluding hydrogens is 308 g/mol. The molecule has 0 radical (unpaired) electrons. The average molecular weight is 320 g/mol. The van der Waals surface area contributed by atoms with Crippen LogP contribution in [0.1, 0.15) is 4.88 Å². The summed E-state index contributed by atoms with van der Waals surface area (Å²) in [6, 6.07) is 7.33. The standard InChI is InChI=1S/C13H12N4O2S2/c14-5-12-13(10-3-1-2-4-11(10)20-12)21(18,19)17-9-6-15-8-16-7-9/h1-4,6-8,17H,5,14H2. The van der Waals surface area contributed by atoms with Gasteiger partial charge in [0.1, 0.15) is 11.2 Å². The summed E-state index contributed by atoms with van der Waals surface area (Å²) in [5.41, 5.74) is 6.01. The molecule has 8 heteroatoms. The van der Waals surface area contributed by atoms with Crippen molar-refractivity contribution < 1.29 is 8.42 Å². The third-order valence-electron chi connectivity index (χ3n) is 2.89. The summed E-state index contributed by atoms with van der Waals surface area (Å²) >= 11 is 1.39. The number of nitrogens with zero attached hydrogens (tertiary/aromatic N) is 2. The average Bonchev–Trinajstić information content (AvgIpc) is 2.87. The SMILES string of the molecule is NCc1sc2ccccc2c1S(=O)(=O)Nc1cncnc1. The molecule has 108 valence electrons. The van der Waals surface area contributed by atoms with Crippen molar-refractivity contribution in [1.29, 1.82) is 0 Å². The topological polar surface area (TPSA) is 98.0 Å². The Morgan fingerprint density at radius 3 is 2.62 bits per heavy atom. The molecule has 2 aromatic heterocycles. The Labute approximate surface area is 125 Å². The van der Waals surface area contributed by atoms with Gasteiger partial charge in [-0.3, -0.25) is 4.72 Å². The lowest BCUT2D eigenvalue weighted by atomic mass is 10.2. The number of benzene rings is 1. The van der Waals surface area contributed by atoms with Gasteiger partial charge in [0.05, 0.1) is 18.1 Å². The van der Waals surface area contributed by atoms with Crippen LogP contribution >= 0.6 is 11.3 Å². The number of rotatable bonds is 4. The zero-order chi connectivity index (χ0) is 14.9. The molecule has 0 atom stereocenters. The Balaban J connectivity index is 2.14. The van der Waals surface area contributed by atoms with Gasteiger partial charge >= 0.3 is 0 Å². The smallest absolute Gasteiger partial charge is 0.263 e. The van der Waals surface area contributed by atoms with Gasteiger partial charge < -0.3 is 5.73 Å². The Morgan fingerprint density at radius 1 is 1.19 bits per heavy atom. The van der Waals surface area contributed by atoms with E-state index in [4.69, 9.17) is 5.73 Å². The van der Waals surface area contributed by atoms with Gasteiger partial charge in [-0.1, -0.05) is 18.2 Å². The molecule has 0 bridgehead atoms. The molecule has 1 aromatic carbocycles. The van der Waals surface area contributed by atoms with E-state index >= 15 is 0 Å². The second kappa shape index (κ2) is 5.40. The summed E-state index contributed by atoms with van der Waals surface area (Å²) in [5.74, 6) is 0. The number of thiophene rings is 1. The fourth-order valence-electron chi connectivity index (χ4n) is 2.06. The highest BCUT2D eigenvalue weighted by Crippen LogP contribution is 2.35. The van der Waals surface area contributed by atoms with Crippen molar-refractivity contribution in [3.63, 3.8) is 0 Å². The van der Waals surface area contributed by atoms with Crippen molar-refractivity contribution in [3.8, 4) is 0 Å². The largest absolute Gasteiger partial charge is 0.326 e. The minimum Gasteiger partial charge on any atom is -0.326 e. The zero-order valence-electron chi connectivity index (χ0n) is 10.9. The van der Waals surface area contributed by atoms with E-state index in [9.17, 15) is 8.42 Å². The molecule has 0 spiro atoms. The Morgan fingerprint density at radius 2 is 1.90 bits per heavy atom. The van der Waals surface area contributed by atoms with E-state index in [0.717, 1.165) is 4.70 Å². The molecule has 0 aliphatic rings. The van der Waals surface area contributed by atoms with Crippen LogP contribution in [0, 0.1) is 0 Å². The zero-order valence-corrected chi connectivity index (χ0v) is 12.5. The molecular formula is C13H12N4O2S2. The van der Waals surface area contributed by atoms with Crippen molar-refractivity contribution in [3.05, 3.63) is 47.9 Å². The summed E-state index contributed by atoms with van der Waals surface area (Å²) in [4.78, 5) is 8.45.